The molecule has 0 aliphatic heterocycles. The van der Waals surface area contributed by atoms with Gasteiger partial charge in [0.15, 0.2) is 8.32 Å². The van der Waals surface area contributed by atoms with E-state index < -0.39 is 8.32 Å². The van der Waals surface area contributed by atoms with Gasteiger partial charge in [0.1, 0.15) is 0 Å². The Bertz CT molecular complexity index is 276. The van der Waals surface area contributed by atoms with Crippen LogP contribution in [-0.4, -0.2) is 14.9 Å². The highest BCUT2D eigenvalue weighted by molar-refractivity contribution is 6.74. The van der Waals surface area contributed by atoms with Crippen molar-refractivity contribution in [3.05, 3.63) is 12.7 Å². The van der Waals surface area contributed by atoms with Crippen LogP contribution in [0.4, 0.5) is 0 Å². The summed E-state index contributed by atoms with van der Waals surface area (Å²) < 4.78 is 6.04. The van der Waals surface area contributed by atoms with Gasteiger partial charge in [0, 0.05) is 19.4 Å². The summed E-state index contributed by atoms with van der Waals surface area (Å²) in [7, 11) is -1.57. The molecule has 0 atom stereocenters. The van der Waals surface area contributed by atoms with Crippen molar-refractivity contribution in [3.63, 3.8) is 0 Å². The number of allylic oxidation sites excluding steroid dienone is 1. The third-order valence-electron chi connectivity index (χ3n) is 3.33. The van der Waals surface area contributed by atoms with Crippen molar-refractivity contribution in [2.24, 2.45) is 0 Å². The summed E-state index contributed by atoms with van der Waals surface area (Å²) in [5, 5.41) is 0.296. The predicted molar refractivity (Wildman–Crippen MR) is 79.6 cm³/mol. The van der Waals surface area contributed by atoms with Crippen LogP contribution in [0.3, 0.4) is 0 Å². The minimum Gasteiger partial charge on any atom is -0.416 e. The summed E-state index contributed by atoms with van der Waals surface area (Å²) in [4.78, 5) is 0. The normalized spacial score (nSPS) is 11.8. The van der Waals surface area contributed by atoms with E-state index in [0.29, 0.717) is 5.04 Å². The average Bonchev–Trinajstić information content (AvgIpc) is 2.20. The van der Waals surface area contributed by atoms with Crippen LogP contribution >= 0.6 is 0 Å². The van der Waals surface area contributed by atoms with Crippen molar-refractivity contribution in [2.75, 3.05) is 6.61 Å². The number of rotatable bonds is 6. The fourth-order valence-corrected chi connectivity index (χ4v) is 2.13. The van der Waals surface area contributed by atoms with Gasteiger partial charge in [0.2, 0.25) is 0 Å². The van der Waals surface area contributed by atoms with Crippen LogP contribution in [0.15, 0.2) is 12.7 Å². The second kappa shape index (κ2) is 7.74. The summed E-state index contributed by atoms with van der Waals surface area (Å²) in [5.41, 5.74) is 0. The predicted octanol–water partition coefficient (Wildman–Crippen LogP) is 4.76. The minimum atomic E-state index is -1.57. The van der Waals surface area contributed by atoms with Crippen LogP contribution in [0.1, 0.15) is 46.5 Å². The molecule has 0 amide bonds. The lowest BCUT2D eigenvalue weighted by Crippen LogP contribution is -2.40. The van der Waals surface area contributed by atoms with E-state index in [-0.39, 0.29) is 0 Å². The molecule has 0 bridgehead atoms. The Kier molecular flexibility index (Phi) is 7.50. The quantitative estimate of drug-likeness (QED) is 0.287. The second-order valence-corrected chi connectivity index (χ2v) is 10.7. The Morgan fingerprint density at radius 2 is 1.76 bits per heavy atom. The molecule has 1 nitrogen and oxygen atoms in total. The maximum atomic E-state index is 6.04. The van der Waals surface area contributed by atoms with Gasteiger partial charge >= 0.3 is 0 Å². The molecule has 0 spiro atoms. The molecule has 0 saturated carbocycles. The van der Waals surface area contributed by atoms with E-state index in [1.165, 1.54) is 0 Å². The minimum absolute atomic E-state index is 0.296. The maximum absolute atomic E-state index is 6.04. The van der Waals surface area contributed by atoms with Crippen molar-refractivity contribution >= 4 is 8.32 Å². The fraction of sp³-hybridized carbons (Fsp3) is 0.733. The molecule has 98 valence electrons. The molecule has 0 saturated heterocycles. The molecular formula is C15H28OSi. The molecule has 0 aliphatic carbocycles. The summed E-state index contributed by atoms with van der Waals surface area (Å²) in [5.74, 6) is 6.36. The van der Waals surface area contributed by atoms with Gasteiger partial charge in [0.05, 0.1) is 0 Å². The highest BCUT2D eigenvalue weighted by atomic mass is 28.4. The monoisotopic (exact) mass is 252 g/mol. The molecule has 0 rings (SSSR count). The fourth-order valence-electron chi connectivity index (χ4n) is 1.09. The van der Waals surface area contributed by atoms with Gasteiger partial charge in [-0.2, -0.15) is 0 Å². The SMILES string of the molecule is C=CCCCC#CCCO[Si](C)(C)C(C)(C)C. The standard InChI is InChI=1S/C15H28OSi/c1-7-8-9-10-11-12-13-14-16-17(5,6)15(2,3)4/h7H,1,8-10,13-14H2,2-6H3. The van der Waals surface area contributed by atoms with Crippen LogP contribution < -0.4 is 0 Å². The van der Waals surface area contributed by atoms with Crippen molar-refractivity contribution in [2.45, 2.75) is 64.6 Å². The van der Waals surface area contributed by atoms with Gasteiger partial charge in [-0.3, -0.25) is 0 Å². The average molecular weight is 252 g/mol. The molecule has 0 aromatic heterocycles. The first-order valence-electron chi connectivity index (χ1n) is 6.52. The van der Waals surface area contributed by atoms with Crippen LogP contribution in [0.2, 0.25) is 18.1 Å². The van der Waals surface area contributed by atoms with Crippen LogP contribution in [0, 0.1) is 11.8 Å². The number of hydrogen-bond acceptors (Lipinski definition) is 1. The topological polar surface area (TPSA) is 9.23 Å². The molecule has 0 heterocycles. The summed E-state index contributed by atoms with van der Waals surface area (Å²) in [6.07, 6.45) is 5.98. The third-order valence-corrected chi connectivity index (χ3v) is 7.87. The molecular weight excluding hydrogens is 224 g/mol. The van der Waals surface area contributed by atoms with Gasteiger partial charge < -0.3 is 4.43 Å². The number of unbranched alkanes of at least 4 members (excludes halogenated alkanes) is 2. The summed E-state index contributed by atoms with van der Waals surface area (Å²) >= 11 is 0. The molecule has 0 aromatic rings. The van der Waals surface area contributed by atoms with Gasteiger partial charge in [0.25, 0.3) is 0 Å². The van der Waals surface area contributed by atoms with Gasteiger partial charge in [-0.1, -0.05) is 26.8 Å². The molecule has 0 aromatic carbocycles. The van der Waals surface area contributed by atoms with E-state index in [2.05, 4.69) is 52.3 Å². The zero-order valence-corrected chi connectivity index (χ0v) is 13.2. The lowest BCUT2D eigenvalue weighted by Gasteiger charge is -2.35. The third kappa shape index (κ3) is 7.41. The van der Waals surface area contributed by atoms with E-state index >= 15 is 0 Å². The zero-order chi connectivity index (χ0) is 13.4. The second-order valence-electron chi connectivity index (χ2n) is 5.89. The Balaban J connectivity index is 3.74. The lowest BCUT2D eigenvalue weighted by atomic mass is 10.2. The van der Waals surface area contributed by atoms with Gasteiger partial charge in [-0.05, 0) is 31.0 Å². The first-order valence-corrected chi connectivity index (χ1v) is 9.42. The van der Waals surface area contributed by atoms with E-state index in [0.717, 1.165) is 32.3 Å². The van der Waals surface area contributed by atoms with E-state index in [1.807, 2.05) is 6.08 Å². The van der Waals surface area contributed by atoms with E-state index in [4.69, 9.17) is 4.43 Å². The van der Waals surface area contributed by atoms with E-state index in [1.54, 1.807) is 0 Å². The van der Waals surface area contributed by atoms with Crippen molar-refractivity contribution in [1.29, 1.82) is 0 Å². The smallest absolute Gasteiger partial charge is 0.192 e. The first kappa shape index (κ1) is 16.5. The highest BCUT2D eigenvalue weighted by Gasteiger charge is 2.36. The Morgan fingerprint density at radius 1 is 1.18 bits per heavy atom. The van der Waals surface area contributed by atoms with Crippen molar-refractivity contribution in [1.82, 2.24) is 0 Å². The Morgan fingerprint density at radius 3 is 2.29 bits per heavy atom. The van der Waals surface area contributed by atoms with Crippen LogP contribution in [0.25, 0.3) is 0 Å². The molecule has 2 heteroatoms. The first-order chi connectivity index (χ1) is 7.81. The maximum Gasteiger partial charge on any atom is 0.192 e. The number of hydrogen-bond donors (Lipinski definition) is 0. The summed E-state index contributed by atoms with van der Waals surface area (Å²) in [6.45, 7) is 15.8. The lowest BCUT2D eigenvalue weighted by molar-refractivity contribution is 0.296. The molecule has 0 fully saturated rings. The summed E-state index contributed by atoms with van der Waals surface area (Å²) in [6, 6.07) is 0. The molecule has 17 heavy (non-hydrogen) atoms. The molecule has 0 radical (unpaired) electrons. The van der Waals surface area contributed by atoms with Crippen LogP contribution in [-0.2, 0) is 4.43 Å². The Hall–Kier alpha value is -0.523. The van der Waals surface area contributed by atoms with Crippen molar-refractivity contribution in [3.8, 4) is 11.8 Å². The largest absolute Gasteiger partial charge is 0.416 e. The van der Waals surface area contributed by atoms with Gasteiger partial charge in [-0.15, -0.1) is 18.4 Å². The van der Waals surface area contributed by atoms with E-state index in [9.17, 15) is 0 Å². The Labute approximate surface area is 109 Å². The van der Waals surface area contributed by atoms with Crippen molar-refractivity contribution < 1.29 is 4.43 Å². The molecule has 0 aliphatic rings. The van der Waals surface area contributed by atoms with Crippen LogP contribution in [0.5, 0.6) is 0 Å². The molecule has 0 N–H and O–H groups in total. The zero-order valence-electron chi connectivity index (χ0n) is 12.2. The van der Waals surface area contributed by atoms with Gasteiger partial charge in [-0.25, -0.2) is 0 Å². The highest BCUT2D eigenvalue weighted by Crippen LogP contribution is 2.36. The molecule has 0 unspecified atom stereocenters.